The van der Waals surface area contributed by atoms with Crippen molar-refractivity contribution >= 4 is 5.97 Å². The van der Waals surface area contributed by atoms with Crippen LogP contribution in [-0.2, 0) is 9.53 Å². The van der Waals surface area contributed by atoms with E-state index in [0.717, 1.165) is 19.3 Å². The standard InChI is InChI=1S/C14H25NO2/c1-3-17-13(16)14(9-8-11(2)10-14)15-12-6-4-5-7-12/h11-12,15H,3-10H2,1-2H3. The van der Waals surface area contributed by atoms with Gasteiger partial charge in [-0.25, -0.2) is 0 Å². The maximum atomic E-state index is 12.2. The molecular weight excluding hydrogens is 214 g/mol. The molecule has 0 amide bonds. The molecule has 2 rings (SSSR count). The Labute approximate surface area is 104 Å². The molecule has 17 heavy (non-hydrogen) atoms. The molecule has 1 N–H and O–H groups in total. The van der Waals surface area contributed by atoms with Crippen LogP contribution in [-0.4, -0.2) is 24.2 Å². The highest BCUT2D eigenvalue weighted by atomic mass is 16.5. The maximum absolute atomic E-state index is 12.2. The normalized spacial score (nSPS) is 34.1. The Morgan fingerprint density at radius 3 is 2.59 bits per heavy atom. The lowest BCUT2D eigenvalue weighted by Crippen LogP contribution is -2.54. The lowest BCUT2D eigenvalue weighted by atomic mass is 9.94. The van der Waals surface area contributed by atoms with Crippen molar-refractivity contribution in [1.29, 1.82) is 0 Å². The van der Waals surface area contributed by atoms with Gasteiger partial charge in [-0.05, 0) is 44.9 Å². The summed E-state index contributed by atoms with van der Waals surface area (Å²) in [4.78, 5) is 12.2. The van der Waals surface area contributed by atoms with Gasteiger partial charge in [0.25, 0.3) is 0 Å². The summed E-state index contributed by atoms with van der Waals surface area (Å²) in [5, 5.41) is 3.63. The SMILES string of the molecule is CCOC(=O)C1(NC2CCCC2)CCC(C)C1. The van der Waals surface area contributed by atoms with Crippen LogP contribution < -0.4 is 5.32 Å². The van der Waals surface area contributed by atoms with Gasteiger partial charge in [0.15, 0.2) is 0 Å². The summed E-state index contributed by atoms with van der Waals surface area (Å²) in [6.07, 6.45) is 8.06. The van der Waals surface area contributed by atoms with E-state index in [4.69, 9.17) is 4.74 Å². The van der Waals surface area contributed by atoms with Crippen LogP contribution in [0.1, 0.15) is 58.8 Å². The highest BCUT2D eigenvalue weighted by molar-refractivity contribution is 5.81. The molecule has 2 fully saturated rings. The molecule has 0 aromatic heterocycles. The summed E-state index contributed by atoms with van der Waals surface area (Å²) < 4.78 is 5.29. The molecule has 2 atom stereocenters. The van der Waals surface area contributed by atoms with E-state index in [9.17, 15) is 4.79 Å². The van der Waals surface area contributed by atoms with Crippen LogP contribution >= 0.6 is 0 Å². The van der Waals surface area contributed by atoms with Gasteiger partial charge in [0.2, 0.25) is 0 Å². The van der Waals surface area contributed by atoms with Gasteiger partial charge in [0, 0.05) is 6.04 Å². The minimum absolute atomic E-state index is 0.0174. The average Bonchev–Trinajstić information content (AvgIpc) is 2.90. The van der Waals surface area contributed by atoms with Crippen molar-refractivity contribution in [2.24, 2.45) is 5.92 Å². The number of esters is 1. The molecule has 2 saturated carbocycles. The average molecular weight is 239 g/mol. The molecule has 3 nitrogen and oxygen atoms in total. The Morgan fingerprint density at radius 2 is 2.06 bits per heavy atom. The van der Waals surface area contributed by atoms with Crippen molar-refractivity contribution in [3.8, 4) is 0 Å². The number of hydrogen-bond acceptors (Lipinski definition) is 3. The molecule has 0 bridgehead atoms. The summed E-state index contributed by atoms with van der Waals surface area (Å²) in [7, 11) is 0. The van der Waals surface area contributed by atoms with Crippen molar-refractivity contribution in [3.63, 3.8) is 0 Å². The van der Waals surface area contributed by atoms with Gasteiger partial charge >= 0.3 is 5.97 Å². The zero-order valence-corrected chi connectivity index (χ0v) is 11.1. The number of carbonyl (C=O) groups excluding carboxylic acids is 1. The van der Waals surface area contributed by atoms with E-state index in [0.29, 0.717) is 18.6 Å². The van der Waals surface area contributed by atoms with E-state index in [1.54, 1.807) is 0 Å². The van der Waals surface area contributed by atoms with Crippen LogP contribution in [0.3, 0.4) is 0 Å². The van der Waals surface area contributed by atoms with Crippen molar-refractivity contribution in [2.75, 3.05) is 6.61 Å². The molecule has 2 aliphatic carbocycles. The summed E-state index contributed by atoms with van der Waals surface area (Å²) in [5.74, 6) is 0.615. The summed E-state index contributed by atoms with van der Waals surface area (Å²) in [5.41, 5.74) is -0.371. The topological polar surface area (TPSA) is 38.3 Å². The first-order valence-corrected chi connectivity index (χ1v) is 7.11. The minimum Gasteiger partial charge on any atom is -0.465 e. The second-order valence-electron chi connectivity index (χ2n) is 5.78. The Bertz CT molecular complexity index is 273. The lowest BCUT2D eigenvalue weighted by molar-refractivity contribution is -0.151. The van der Waals surface area contributed by atoms with E-state index in [1.165, 1.54) is 25.7 Å². The first-order valence-electron chi connectivity index (χ1n) is 7.11. The van der Waals surface area contributed by atoms with Gasteiger partial charge in [-0.1, -0.05) is 19.8 Å². The molecule has 2 unspecified atom stereocenters. The first-order chi connectivity index (χ1) is 8.16. The number of rotatable bonds is 4. The van der Waals surface area contributed by atoms with Crippen LogP contribution in [0.25, 0.3) is 0 Å². The summed E-state index contributed by atoms with van der Waals surface area (Å²) >= 11 is 0. The third-order valence-electron chi connectivity index (χ3n) is 4.26. The third kappa shape index (κ3) is 2.82. The molecule has 0 aromatic rings. The second kappa shape index (κ2) is 5.38. The van der Waals surface area contributed by atoms with Gasteiger partial charge in [0.05, 0.1) is 6.61 Å². The van der Waals surface area contributed by atoms with E-state index in [2.05, 4.69) is 12.2 Å². The molecular formula is C14H25NO2. The van der Waals surface area contributed by atoms with Crippen molar-refractivity contribution in [1.82, 2.24) is 5.32 Å². The van der Waals surface area contributed by atoms with E-state index < -0.39 is 0 Å². The van der Waals surface area contributed by atoms with Crippen molar-refractivity contribution in [2.45, 2.75) is 70.4 Å². The second-order valence-corrected chi connectivity index (χ2v) is 5.78. The fraction of sp³-hybridized carbons (Fsp3) is 0.929. The monoisotopic (exact) mass is 239 g/mol. The zero-order chi connectivity index (χ0) is 12.3. The van der Waals surface area contributed by atoms with Gasteiger partial charge in [0.1, 0.15) is 5.54 Å². The molecule has 98 valence electrons. The van der Waals surface area contributed by atoms with Crippen molar-refractivity contribution < 1.29 is 9.53 Å². The fourth-order valence-electron chi connectivity index (χ4n) is 3.40. The molecule has 2 aliphatic rings. The number of nitrogens with one attached hydrogen (secondary N) is 1. The van der Waals surface area contributed by atoms with Crippen LogP contribution in [0.5, 0.6) is 0 Å². The lowest BCUT2D eigenvalue weighted by Gasteiger charge is -2.31. The quantitative estimate of drug-likeness (QED) is 0.766. The Balaban J connectivity index is 2.03. The van der Waals surface area contributed by atoms with Gasteiger partial charge in [-0.3, -0.25) is 10.1 Å². The molecule has 0 saturated heterocycles. The number of ether oxygens (including phenoxy) is 1. The predicted octanol–water partition coefficient (Wildman–Crippen LogP) is 2.64. The van der Waals surface area contributed by atoms with Crippen LogP contribution in [0.2, 0.25) is 0 Å². The number of carbonyl (C=O) groups is 1. The maximum Gasteiger partial charge on any atom is 0.326 e. The highest BCUT2D eigenvalue weighted by Crippen LogP contribution is 2.37. The summed E-state index contributed by atoms with van der Waals surface area (Å²) in [6.45, 7) is 4.61. The third-order valence-corrected chi connectivity index (χ3v) is 4.26. The molecule has 0 aromatic carbocycles. The molecule has 0 heterocycles. The Hall–Kier alpha value is -0.570. The van der Waals surface area contributed by atoms with Crippen LogP contribution in [0, 0.1) is 5.92 Å². The fourth-order valence-corrected chi connectivity index (χ4v) is 3.40. The van der Waals surface area contributed by atoms with Gasteiger partial charge in [-0.2, -0.15) is 0 Å². The minimum atomic E-state index is -0.371. The first kappa shape index (κ1) is 12.9. The summed E-state index contributed by atoms with van der Waals surface area (Å²) in [6, 6.07) is 0.532. The van der Waals surface area contributed by atoms with Gasteiger partial charge in [-0.15, -0.1) is 0 Å². The smallest absolute Gasteiger partial charge is 0.326 e. The Kier molecular flexibility index (Phi) is 4.08. The van der Waals surface area contributed by atoms with Crippen LogP contribution in [0.15, 0.2) is 0 Å². The van der Waals surface area contributed by atoms with Crippen LogP contribution in [0.4, 0.5) is 0 Å². The zero-order valence-electron chi connectivity index (χ0n) is 11.1. The number of hydrogen-bond donors (Lipinski definition) is 1. The van der Waals surface area contributed by atoms with Gasteiger partial charge < -0.3 is 4.74 Å². The highest BCUT2D eigenvalue weighted by Gasteiger charge is 2.46. The predicted molar refractivity (Wildman–Crippen MR) is 67.8 cm³/mol. The molecule has 3 heteroatoms. The van der Waals surface area contributed by atoms with E-state index in [1.807, 2.05) is 6.92 Å². The van der Waals surface area contributed by atoms with E-state index in [-0.39, 0.29) is 11.5 Å². The molecule has 0 radical (unpaired) electrons. The van der Waals surface area contributed by atoms with Crippen molar-refractivity contribution in [3.05, 3.63) is 0 Å². The molecule has 0 aliphatic heterocycles. The van der Waals surface area contributed by atoms with E-state index >= 15 is 0 Å². The molecule has 0 spiro atoms. The largest absolute Gasteiger partial charge is 0.465 e. The Morgan fingerprint density at radius 1 is 1.35 bits per heavy atom.